The van der Waals surface area contributed by atoms with Crippen molar-refractivity contribution >= 4 is 28.9 Å². The van der Waals surface area contributed by atoms with E-state index >= 15 is 0 Å². The van der Waals surface area contributed by atoms with Crippen LogP contribution in [0.25, 0.3) is 0 Å². The lowest BCUT2D eigenvalue weighted by molar-refractivity contribution is -0.119. The van der Waals surface area contributed by atoms with Gasteiger partial charge in [-0.05, 0) is 37.5 Å². The van der Waals surface area contributed by atoms with E-state index in [4.69, 9.17) is 16.4 Å². The lowest BCUT2D eigenvalue weighted by Crippen LogP contribution is -2.36. The predicted octanol–water partition coefficient (Wildman–Crippen LogP) is 2.24. The molecular weight excluding hydrogens is 306 g/mol. The molecule has 1 rings (SSSR count). The molecule has 2 amide bonds. The molecule has 0 saturated heterocycles. The third-order valence-corrected chi connectivity index (χ3v) is 3.23. The van der Waals surface area contributed by atoms with Gasteiger partial charge in [0.2, 0.25) is 11.8 Å². The molecule has 7 heteroatoms. The number of carbonyl (C=O) groups excluding carboxylic acids is 2. The smallest absolute Gasteiger partial charge is 0.239 e. The van der Waals surface area contributed by atoms with Crippen molar-refractivity contribution in [2.75, 3.05) is 10.6 Å². The lowest BCUT2D eigenvalue weighted by Gasteiger charge is -2.19. The average molecular weight is 329 g/mol. The van der Waals surface area contributed by atoms with Crippen molar-refractivity contribution < 1.29 is 9.59 Å². The minimum atomic E-state index is -0.537. The van der Waals surface area contributed by atoms with Crippen LogP contribution < -0.4 is 16.4 Å². The van der Waals surface area contributed by atoms with Gasteiger partial charge in [0.15, 0.2) is 0 Å². The van der Waals surface area contributed by atoms with Crippen LogP contribution in [0.2, 0.25) is 0 Å². The number of anilines is 2. The topological polar surface area (TPSA) is 132 Å². The standard InChI is InChI=1S/C17H23N5O2/c1-10(2)6-15(17(20)24)21-13-5-4-12(9-18)14(8-13)22-16(23)7-11(3)19/h4-5,8,10,15,19,21H,6-7H2,1-3H3,(H2,20,24)(H,22,23). The highest BCUT2D eigenvalue weighted by atomic mass is 16.2. The van der Waals surface area contributed by atoms with Gasteiger partial charge in [0.05, 0.1) is 17.7 Å². The first-order valence-electron chi connectivity index (χ1n) is 7.66. The molecule has 128 valence electrons. The van der Waals surface area contributed by atoms with Gasteiger partial charge in [-0.2, -0.15) is 5.26 Å². The molecule has 0 aliphatic rings. The maximum Gasteiger partial charge on any atom is 0.239 e. The van der Waals surface area contributed by atoms with E-state index in [2.05, 4.69) is 10.6 Å². The summed E-state index contributed by atoms with van der Waals surface area (Å²) in [5, 5.41) is 22.2. The molecule has 0 heterocycles. The largest absolute Gasteiger partial charge is 0.374 e. The molecular formula is C17H23N5O2. The minimum absolute atomic E-state index is 0.0419. The van der Waals surface area contributed by atoms with Crippen LogP contribution in [0.4, 0.5) is 11.4 Å². The summed E-state index contributed by atoms with van der Waals surface area (Å²) in [5.41, 5.74) is 6.86. The van der Waals surface area contributed by atoms with Crippen molar-refractivity contribution in [3.63, 3.8) is 0 Å². The number of hydrogen-bond donors (Lipinski definition) is 4. The van der Waals surface area contributed by atoms with Gasteiger partial charge < -0.3 is 21.8 Å². The highest BCUT2D eigenvalue weighted by Gasteiger charge is 2.17. The van der Waals surface area contributed by atoms with Gasteiger partial charge in [-0.1, -0.05) is 13.8 Å². The Labute approximate surface area is 141 Å². The van der Waals surface area contributed by atoms with Crippen LogP contribution in [0.1, 0.15) is 39.2 Å². The normalized spacial score (nSPS) is 11.5. The Bertz CT molecular complexity index is 676. The van der Waals surface area contributed by atoms with Crippen LogP contribution in [0.15, 0.2) is 18.2 Å². The van der Waals surface area contributed by atoms with Crippen molar-refractivity contribution in [1.29, 1.82) is 10.7 Å². The summed E-state index contributed by atoms with van der Waals surface area (Å²) in [6, 6.07) is 6.27. The number of carbonyl (C=O) groups is 2. The predicted molar refractivity (Wildman–Crippen MR) is 93.9 cm³/mol. The fourth-order valence-corrected chi connectivity index (χ4v) is 2.19. The third kappa shape index (κ3) is 6.08. The Morgan fingerprint density at radius 2 is 2.04 bits per heavy atom. The van der Waals surface area contributed by atoms with Crippen LogP contribution in [-0.4, -0.2) is 23.6 Å². The van der Waals surface area contributed by atoms with Gasteiger partial charge in [-0.15, -0.1) is 0 Å². The van der Waals surface area contributed by atoms with E-state index in [9.17, 15) is 9.59 Å². The van der Waals surface area contributed by atoms with Gasteiger partial charge >= 0.3 is 0 Å². The molecule has 0 aromatic heterocycles. The molecule has 0 fully saturated rings. The first-order chi connectivity index (χ1) is 11.2. The van der Waals surface area contributed by atoms with E-state index in [1.807, 2.05) is 19.9 Å². The number of amides is 2. The number of nitrogens with zero attached hydrogens (tertiary/aromatic N) is 1. The first-order valence-corrected chi connectivity index (χ1v) is 7.66. The van der Waals surface area contributed by atoms with Gasteiger partial charge in [-0.3, -0.25) is 9.59 Å². The zero-order valence-corrected chi connectivity index (χ0v) is 14.1. The molecule has 7 nitrogen and oxygen atoms in total. The molecule has 0 aliphatic heterocycles. The SMILES string of the molecule is CC(=N)CC(=O)Nc1cc(NC(CC(C)C)C(N)=O)ccc1C#N. The maximum atomic E-state index is 11.8. The summed E-state index contributed by atoms with van der Waals surface area (Å²) in [5.74, 6) is -0.550. The Morgan fingerprint density at radius 3 is 2.54 bits per heavy atom. The molecule has 0 spiro atoms. The third-order valence-electron chi connectivity index (χ3n) is 3.23. The average Bonchev–Trinajstić information content (AvgIpc) is 2.45. The van der Waals surface area contributed by atoms with Crippen LogP contribution in [0, 0.1) is 22.7 Å². The summed E-state index contributed by atoms with van der Waals surface area (Å²) >= 11 is 0. The van der Waals surface area contributed by atoms with E-state index in [-0.39, 0.29) is 24.0 Å². The minimum Gasteiger partial charge on any atom is -0.374 e. The summed E-state index contributed by atoms with van der Waals surface area (Å²) in [7, 11) is 0. The Hall–Kier alpha value is -2.88. The highest BCUT2D eigenvalue weighted by molar-refractivity contribution is 6.05. The number of hydrogen-bond acceptors (Lipinski definition) is 5. The van der Waals surface area contributed by atoms with Crippen molar-refractivity contribution in [2.24, 2.45) is 11.7 Å². The zero-order chi connectivity index (χ0) is 18.3. The molecule has 0 bridgehead atoms. The summed E-state index contributed by atoms with van der Waals surface area (Å²) in [6.45, 7) is 5.51. The molecule has 5 N–H and O–H groups in total. The number of rotatable bonds is 8. The van der Waals surface area contributed by atoms with Crippen molar-refractivity contribution in [3.8, 4) is 6.07 Å². The Morgan fingerprint density at radius 1 is 1.38 bits per heavy atom. The van der Waals surface area contributed by atoms with Gasteiger partial charge in [0, 0.05) is 11.4 Å². The molecule has 1 unspecified atom stereocenters. The molecule has 1 aromatic rings. The highest BCUT2D eigenvalue weighted by Crippen LogP contribution is 2.22. The van der Waals surface area contributed by atoms with E-state index in [0.29, 0.717) is 23.4 Å². The number of nitrogens with one attached hydrogen (secondary N) is 3. The van der Waals surface area contributed by atoms with Crippen molar-refractivity contribution in [1.82, 2.24) is 0 Å². The Balaban J connectivity index is 2.99. The lowest BCUT2D eigenvalue weighted by atomic mass is 10.0. The molecule has 0 radical (unpaired) electrons. The number of nitrogens with two attached hydrogens (primary N) is 1. The molecule has 24 heavy (non-hydrogen) atoms. The van der Waals surface area contributed by atoms with Crippen LogP contribution >= 0.6 is 0 Å². The number of primary amides is 1. The quantitative estimate of drug-likeness (QED) is 0.544. The molecule has 0 aliphatic carbocycles. The summed E-state index contributed by atoms with van der Waals surface area (Å²) in [6.07, 6.45) is 0.532. The number of benzene rings is 1. The monoisotopic (exact) mass is 329 g/mol. The van der Waals surface area contributed by atoms with Crippen LogP contribution in [0.3, 0.4) is 0 Å². The maximum absolute atomic E-state index is 11.8. The van der Waals surface area contributed by atoms with E-state index < -0.39 is 11.9 Å². The van der Waals surface area contributed by atoms with Crippen LogP contribution in [0.5, 0.6) is 0 Å². The molecule has 1 aromatic carbocycles. The van der Waals surface area contributed by atoms with E-state index in [1.54, 1.807) is 18.2 Å². The van der Waals surface area contributed by atoms with Gasteiger partial charge in [0.25, 0.3) is 0 Å². The summed E-state index contributed by atoms with van der Waals surface area (Å²) in [4.78, 5) is 23.4. The van der Waals surface area contributed by atoms with E-state index in [0.717, 1.165) is 0 Å². The van der Waals surface area contributed by atoms with Crippen molar-refractivity contribution in [3.05, 3.63) is 23.8 Å². The fraction of sp³-hybridized carbons (Fsp3) is 0.412. The fourth-order valence-electron chi connectivity index (χ4n) is 2.19. The van der Waals surface area contributed by atoms with Crippen LogP contribution in [-0.2, 0) is 9.59 Å². The zero-order valence-electron chi connectivity index (χ0n) is 14.1. The Kier molecular flexibility index (Phi) is 6.93. The van der Waals surface area contributed by atoms with Gasteiger partial charge in [-0.25, -0.2) is 0 Å². The molecule has 1 atom stereocenters. The van der Waals surface area contributed by atoms with E-state index in [1.165, 1.54) is 6.92 Å². The number of nitriles is 1. The second kappa shape index (κ2) is 8.67. The first kappa shape index (κ1) is 19.2. The van der Waals surface area contributed by atoms with Gasteiger partial charge in [0.1, 0.15) is 12.1 Å². The molecule has 0 saturated carbocycles. The van der Waals surface area contributed by atoms with Crippen molar-refractivity contribution in [2.45, 2.75) is 39.7 Å². The second-order valence-electron chi connectivity index (χ2n) is 6.11. The summed E-state index contributed by atoms with van der Waals surface area (Å²) < 4.78 is 0. The second-order valence-corrected chi connectivity index (χ2v) is 6.11.